The summed E-state index contributed by atoms with van der Waals surface area (Å²) in [7, 11) is 1.26. The third-order valence-corrected chi connectivity index (χ3v) is 17.7. The van der Waals surface area contributed by atoms with Gasteiger partial charge < -0.3 is 50.3 Å². The van der Waals surface area contributed by atoms with Crippen molar-refractivity contribution in [3.63, 3.8) is 0 Å². The molecule has 0 radical (unpaired) electrons. The minimum atomic E-state index is -4.58. The summed E-state index contributed by atoms with van der Waals surface area (Å²) in [5, 5.41) is 21.1. The van der Waals surface area contributed by atoms with Crippen LogP contribution in [-0.2, 0) is 14.2 Å². The minimum absolute atomic E-state index is 0. The topological polar surface area (TPSA) is 197 Å². The van der Waals surface area contributed by atoms with Gasteiger partial charge in [0, 0.05) is 70.1 Å². The molecule has 0 aromatic heterocycles. The molecular weight excluding hydrogens is 1550 g/mol. The van der Waals surface area contributed by atoms with Crippen LogP contribution in [0, 0.1) is 46.5 Å². The number of hydrogen-bond acceptors (Lipinski definition) is 12. The third kappa shape index (κ3) is 35.4. The van der Waals surface area contributed by atoms with Gasteiger partial charge in [0.1, 0.15) is 93.0 Å². The molecule has 4 aromatic rings. The van der Waals surface area contributed by atoms with E-state index in [4.69, 9.17) is 24.1 Å². The Balaban J connectivity index is -0.000000594. The number of methoxy groups -OCH3 is 2. The van der Waals surface area contributed by atoms with Gasteiger partial charge >= 0.3 is 67.4 Å². The Hall–Kier alpha value is -6.44. The van der Waals surface area contributed by atoms with E-state index in [1.165, 1.54) is 59.4 Å². The maximum absolute atomic E-state index is 14.0. The first-order valence-corrected chi connectivity index (χ1v) is 35.6. The summed E-state index contributed by atoms with van der Waals surface area (Å²) in [6, 6.07) is -1.99. The van der Waals surface area contributed by atoms with E-state index >= 15 is 0 Å². The van der Waals surface area contributed by atoms with Gasteiger partial charge in [-0.25, -0.2) is 54.3 Å². The average molecular weight is 1630 g/mol. The second-order valence-corrected chi connectivity index (χ2v) is 30.8. The smallest absolute Gasteiger partial charge is 0.870 e. The monoisotopic (exact) mass is 1630 g/mol. The number of halogens is 24. The predicted octanol–water partition coefficient (Wildman–Crippen LogP) is 18.1. The molecule has 4 atom stereocenters. The van der Waals surface area contributed by atoms with Crippen molar-refractivity contribution in [1.29, 1.82) is 0 Å². The molecule has 4 aliphatic rings. The second kappa shape index (κ2) is 47.4. The van der Waals surface area contributed by atoms with Gasteiger partial charge in [-0.2, -0.15) is 52.7 Å². The summed E-state index contributed by atoms with van der Waals surface area (Å²) in [6.07, 6.45) is -12.0. The number of rotatable bonds is 19. The molecule has 3 saturated carbocycles. The van der Waals surface area contributed by atoms with Crippen molar-refractivity contribution in [1.82, 2.24) is 0 Å². The fourth-order valence-electron chi connectivity index (χ4n) is 8.71. The van der Waals surface area contributed by atoms with Gasteiger partial charge in [0.2, 0.25) is 0 Å². The van der Waals surface area contributed by atoms with Gasteiger partial charge in [0.25, 0.3) is 0 Å². The SMILES string of the molecule is BrC1CC1.C.C1CCOC1.CC[C@@H](N(c1cc(F)c(C(=O)O)c(F)c1)C1CC1)C(F)(F)F.CC[C@@H](N(c1cc(F)c(C(=O)OC)c(F)c1)C1CC1)C(F)(F)F.CC[C@@H](Nc1cc(F)c(C(=O)O)c(F)c1)C(F)(F)F.CC[C@@H](Nc1cc(F)c(C(=O)OC)c(F)c1)C(F)(F)F.CC[Si](C)(C)C.F.FF.[Li+].[OH-]. The molecule has 14 nitrogen and oxygen atoms in total. The minimum Gasteiger partial charge on any atom is -0.870 e. The van der Waals surface area contributed by atoms with E-state index < -0.39 is 173 Å². The van der Waals surface area contributed by atoms with Gasteiger partial charge in [0.15, 0.2) is 0 Å². The number of ether oxygens (including phenoxy) is 3. The van der Waals surface area contributed by atoms with E-state index in [1.807, 2.05) is 10.6 Å². The molecule has 5 N–H and O–H groups in total. The van der Waals surface area contributed by atoms with Crippen LogP contribution in [0.1, 0.15) is 161 Å². The zero-order chi connectivity index (χ0) is 78.0. The second-order valence-electron chi connectivity index (χ2n) is 23.7. The fourth-order valence-corrected chi connectivity index (χ4v) is 8.97. The average Bonchev–Trinajstić information content (AvgIpc) is 1.51. The zero-order valence-electron chi connectivity index (χ0n) is 58.0. The van der Waals surface area contributed by atoms with Crippen LogP contribution in [0.25, 0.3) is 0 Å². The Morgan fingerprint density at radius 3 is 0.905 bits per heavy atom. The molecule has 4 aromatic carbocycles. The fraction of sp³-hybridized carbons (Fsp3) is 0.569. The number of carboxylic acid groups (broad SMARTS) is 2. The first-order valence-electron chi connectivity index (χ1n) is 31.0. The number of hydrogen-bond donors (Lipinski definition) is 4. The van der Waals surface area contributed by atoms with Crippen molar-refractivity contribution in [2.24, 2.45) is 0 Å². The van der Waals surface area contributed by atoms with Crippen LogP contribution in [0.5, 0.6) is 0 Å². The number of aromatic carboxylic acids is 2. The van der Waals surface area contributed by atoms with Crippen LogP contribution in [0.15, 0.2) is 48.5 Å². The summed E-state index contributed by atoms with van der Waals surface area (Å²) in [5.41, 5.74) is -5.61. The number of anilines is 4. The van der Waals surface area contributed by atoms with E-state index in [0.717, 1.165) is 54.2 Å². The standard InChI is InChI=1S/C15H16F5NO2.C14H14F5NO2.C12H12F5NO2.C11H10F5NO2.C5H14Si.C4H8O.C3H5Br.CH4.F2.FH.Li.H2O/c1-3-12(15(18,19)20)21(8-4-5-8)9-6-10(16)13(11(17)7-9)14(22)23-2;1-2-11(14(17,18)19)20(7-3-4-7)8-5-9(15)12(13(21)22)10(16)6-8;1-3-9(12(15,16)17)18-6-4-7(13)10(8(14)5-6)11(19)20-2;1-2-8(11(14,15)16)17-5-3-6(12)9(10(18)19)7(13)4-5;1-5-6(2,3)4;1-2-4-5-3-1;4-3-1-2-3;;1-2;;;/h6-8,12H,3-5H2,1-2H3;5-7,11H,2-4H2,1H3,(H,21,22);4-5,9,18H,3H2,1-2H3;3-4,8,17H,2H2,1H3,(H,18,19);5H2,1-4H3;1-4H2;3H,1-2H2;1H4;;1H;;1H2/q;;;;;;;;;;+1;/p-1/t12-;11-;9-;8-;;;;;;;;/m1111......../s1. The molecule has 3 aliphatic carbocycles. The molecule has 1 saturated heterocycles. The van der Waals surface area contributed by atoms with Crippen molar-refractivity contribution in [3.05, 3.63) is 117 Å². The summed E-state index contributed by atoms with van der Waals surface area (Å²) >= 11 is 3.38. The number of nitrogens with zero attached hydrogens (tertiary/aromatic N) is 2. The van der Waals surface area contributed by atoms with E-state index in [-0.39, 0.29) is 73.5 Å². The molecule has 0 unspecified atom stereocenters. The van der Waals surface area contributed by atoms with Gasteiger partial charge in [-0.05, 0) is 126 Å². The molecule has 40 heteroatoms. The maximum Gasteiger partial charge on any atom is 1.00 e. The van der Waals surface area contributed by atoms with Crippen LogP contribution in [0.4, 0.5) is 124 Å². The van der Waals surface area contributed by atoms with Gasteiger partial charge in [0.05, 0.1) is 14.2 Å². The Morgan fingerprint density at radius 1 is 0.505 bits per heavy atom. The van der Waals surface area contributed by atoms with Gasteiger partial charge in [-0.1, -0.05) is 83.7 Å². The van der Waals surface area contributed by atoms with E-state index in [9.17, 15) is 107 Å². The molecule has 598 valence electrons. The Morgan fingerprint density at radius 2 is 0.743 bits per heavy atom. The summed E-state index contributed by atoms with van der Waals surface area (Å²) in [6.45, 7) is 16.7. The molecule has 0 amide bonds. The Bertz CT molecular complexity index is 3190. The van der Waals surface area contributed by atoms with Crippen LogP contribution in [-0.4, -0.2) is 141 Å². The molecule has 105 heavy (non-hydrogen) atoms. The van der Waals surface area contributed by atoms with Gasteiger partial charge in [-0.3, -0.25) is 4.70 Å². The molecule has 8 rings (SSSR count). The van der Waals surface area contributed by atoms with Crippen molar-refractivity contribution in [2.75, 3.05) is 47.9 Å². The molecular formula is C65H85BrF23LiN4O10Si. The predicted molar refractivity (Wildman–Crippen MR) is 350 cm³/mol. The van der Waals surface area contributed by atoms with Crippen LogP contribution >= 0.6 is 15.9 Å². The molecule has 1 aliphatic heterocycles. The summed E-state index contributed by atoms with van der Waals surface area (Å²) in [4.78, 5) is 46.5. The van der Waals surface area contributed by atoms with E-state index in [1.54, 1.807) is 0 Å². The number of carbonyl (C=O) groups excluding carboxylic acids is 2. The van der Waals surface area contributed by atoms with Crippen LogP contribution in [0.2, 0.25) is 25.7 Å². The first kappa shape index (κ1) is 105. The van der Waals surface area contributed by atoms with Crippen molar-refractivity contribution in [2.45, 2.75) is 211 Å². The van der Waals surface area contributed by atoms with Gasteiger partial charge in [-0.15, -0.1) is 0 Å². The number of esters is 2. The van der Waals surface area contributed by atoms with E-state index in [0.29, 0.717) is 62.1 Å². The molecule has 0 bridgehead atoms. The van der Waals surface area contributed by atoms with Crippen LogP contribution < -0.4 is 39.3 Å². The van der Waals surface area contributed by atoms with Crippen LogP contribution in [0.3, 0.4) is 0 Å². The maximum atomic E-state index is 14.0. The number of carboxylic acids is 2. The molecule has 4 fully saturated rings. The van der Waals surface area contributed by atoms with Crippen molar-refractivity contribution in [3.8, 4) is 0 Å². The first-order chi connectivity index (χ1) is 46.7. The Labute approximate surface area is 613 Å². The van der Waals surface area contributed by atoms with E-state index in [2.05, 4.69) is 52.0 Å². The third-order valence-electron chi connectivity index (χ3n) is 14.7. The summed E-state index contributed by atoms with van der Waals surface area (Å²) in [5.74, 6) is -16.8. The number of carbonyl (C=O) groups is 4. The Kier molecular flexibility index (Phi) is 47.3. The van der Waals surface area contributed by atoms with Crippen molar-refractivity contribution < 1.29 is 170 Å². The summed E-state index contributed by atoms with van der Waals surface area (Å²) < 4.78 is 293. The number of nitrogens with one attached hydrogen (secondary N) is 2. The normalized spacial score (nSPS) is 14.7. The largest absolute Gasteiger partial charge is 1.00 e. The quantitative estimate of drug-likeness (QED) is 0.0299. The molecule has 1 heterocycles. The zero-order valence-corrected chi connectivity index (χ0v) is 60.5. The number of alkyl halides is 13. The molecule has 0 spiro atoms. The number of benzene rings is 4. The van der Waals surface area contributed by atoms with Crippen molar-refractivity contribution >= 4 is 70.6 Å².